The van der Waals surface area contributed by atoms with Crippen molar-refractivity contribution in [2.75, 3.05) is 0 Å². The van der Waals surface area contributed by atoms with Gasteiger partial charge in [0.25, 0.3) is 0 Å². The average molecular weight is 277 g/mol. The van der Waals surface area contributed by atoms with E-state index >= 15 is 0 Å². The minimum atomic E-state index is -4.96. The van der Waals surface area contributed by atoms with Crippen molar-refractivity contribution in [1.82, 2.24) is 9.78 Å². The molecule has 0 fully saturated rings. The molecule has 1 heterocycles. The van der Waals surface area contributed by atoms with E-state index in [2.05, 4.69) is 5.10 Å². The van der Waals surface area contributed by atoms with Crippen LogP contribution in [0.3, 0.4) is 0 Å². The molecular formula is C7H8ClF3N2O2S. The van der Waals surface area contributed by atoms with Gasteiger partial charge in [0, 0.05) is 29.0 Å². The summed E-state index contributed by atoms with van der Waals surface area (Å²) in [7, 11) is 1.43. The molecule has 1 rings (SSSR count). The van der Waals surface area contributed by atoms with E-state index in [1.54, 1.807) is 0 Å². The summed E-state index contributed by atoms with van der Waals surface area (Å²) >= 11 is 0. The molecule has 1 aromatic heterocycles. The lowest BCUT2D eigenvalue weighted by Crippen LogP contribution is -2.26. The lowest BCUT2D eigenvalue weighted by molar-refractivity contribution is -0.131. The van der Waals surface area contributed by atoms with Crippen molar-refractivity contribution in [2.45, 2.75) is 18.3 Å². The van der Waals surface area contributed by atoms with Crippen molar-refractivity contribution in [3.63, 3.8) is 0 Å². The number of rotatable bonds is 2. The minimum absolute atomic E-state index is 0.103. The minimum Gasteiger partial charge on any atom is -0.273 e. The fourth-order valence-corrected chi connectivity index (χ4v) is 2.71. The van der Waals surface area contributed by atoms with Crippen LogP contribution in [-0.2, 0) is 16.1 Å². The van der Waals surface area contributed by atoms with Gasteiger partial charge in [0.1, 0.15) is 0 Å². The Hall–Kier alpha value is -0.760. The van der Waals surface area contributed by atoms with Gasteiger partial charge in [0.2, 0.25) is 9.05 Å². The molecule has 0 spiro atoms. The predicted octanol–water partition coefficient (Wildman–Crippen LogP) is 1.90. The molecule has 16 heavy (non-hydrogen) atoms. The number of hydrogen-bond acceptors (Lipinski definition) is 3. The summed E-state index contributed by atoms with van der Waals surface area (Å²) in [4.78, 5) is 0. The van der Waals surface area contributed by atoms with Gasteiger partial charge in [-0.05, 0) is 6.92 Å². The second-order valence-corrected chi connectivity index (χ2v) is 5.92. The van der Waals surface area contributed by atoms with Crippen molar-refractivity contribution in [3.8, 4) is 0 Å². The molecule has 0 N–H and O–H groups in total. The highest BCUT2D eigenvalue weighted by atomic mass is 35.7. The Kier molecular flexibility index (Phi) is 3.26. The van der Waals surface area contributed by atoms with Gasteiger partial charge in [-0.1, -0.05) is 0 Å². The molecule has 0 aliphatic heterocycles. The van der Waals surface area contributed by atoms with Crippen LogP contribution in [0.4, 0.5) is 13.2 Å². The Balaban J connectivity index is 3.41. The highest BCUT2D eigenvalue weighted by Gasteiger charge is 2.50. The standard InChI is InChI=1S/C7H8ClF3N2O2S/c1-4-5(3-12-13(4)2)6(7(9,10)11)16(8,14)15/h3,6H,1-2H3. The Morgan fingerprint density at radius 1 is 1.50 bits per heavy atom. The summed E-state index contributed by atoms with van der Waals surface area (Å²) in [5.74, 6) is 0. The van der Waals surface area contributed by atoms with Gasteiger partial charge in [-0.2, -0.15) is 18.3 Å². The normalized spacial score (nSPS) is 15.1. The van der Waals surface area contributed by atoms with Crippen LogP contribution in [0.1, 0.15) is 16.5 Å². The summed E-state index contributed by atoms with van der Waals surface area (Å²) in [6.45, 7) is 1.34. The molecule has 0 aliphatic rings. The molecule has 0 aliphatic carbocycles. The highest BCUT2D eigenvalue weighted by molar-refractivity contribution is 8.14. The molecule has 0 aromatic carbocycles. The molecule has 0 bridgehead atoms. The van der Waals surface area contributed by atoms with E-state index in [4.69, 9.17) is 10.7 Å². The number of halogens is 4. The second kappa shape index (κ2) is 3.92. The maximum absolute atomic E-state index is 12.6. The van der Waals surface area contributed by atoms with Crippen LogP contribution in [-0.4, -0.2) is 24.4 Å². The van der Waals surface area contributed by atoms with Crippen molar-refractivity contribution in [1.29, 1.82) is 0 Å². The number of alkyl halides is 3. The SMILES string of the molecule is Cc1c(C(C(F)(F)F)S(=O)(=O)Cl)cnn1C. The largest absolute Gasteiger partial charge is 0.410 e. The lowest BCUT2D eigenvalue weighted by atomic mass is 10.2. The zero-order valence-electron chi connectivity index (χ0n) is 8.29. The lowest BCUT2D eigenvalue weighted by Gasteiger charge is -2.16. The van der Waals surface area contributed by atoms with E-state index in [9.17, 15) is 21.6 Å². The number of nitrogens with zero attached hydrogens (tertiary/aromatic N) is 2. The Bertz CT molecular complexity index is 494. The molecule has 0 saturated carbocycles. The molecular weight excluding hydrogens is 269 g/mol. The van der Waals surface area contributed by atoms with Crippen molar-refractivity contribution in [2.24, 2.45) is 7.05 Å². The van der Waals surface area contributed by atoms with Crippen molar-refractivity contribution < 1.29 is 21.6 Å². The molecule has 0 radical (unpaired) electrons. The van der Waals surface area contributed by atoms with Gasteiger partial charge >= 0.3 is 6.18 Å². The average Bonchev–Trinajstić information content (AvgIpc) is 2.31. The number of hydrogen-bond donors (Lipinski definition) is 0. The van der Waals surface area contributed by atoms with E-state index in [1.165, 1.54) is 14.0 Å². The quantitative estimate of drug-likeness (QED) is 0.775. The molecule has 9 heteroatoms. The summed E-state index contributed by atoms with van der Waals surface area (Å²) in [5.41, 5.74) is -0.350. The van der Waals surface area contributed by atoms with Gasteiger partial charge in [-0.3, -0.25) is 4.68 Å². The van der Waals surface area contributed by atoms with Crippen molar-refractivity contribution >= 4 is 19.7 Å². The smallest absolute Gasteiger partial charge is 0.273 e. The molecule has 4 nitrogen and oxygen atoms in total. The molecule has 1 atom stereocenters. The van der Waals surface area contributed by atoms with Crippen LogP contribution in [0, 0.1) is 6.92 Å². The van der Waals surface area contributed by atoms with Gasteiger partial charge in [0.05, 0.1) is 6.20 Å². The molecule has 1 unspecified atom stereocenters. The van der Waals surface area contributed by atoms with Crippen LogP contribution >= 0.6 is 10.7 Å². The van der Waals surface area contributed by atoms with Crippen molar-refractivity contribution in [3.05, 3.63) is 17.5 Å². The summed E-state index contributed by atoms with van der Waals surface area (Å²) in [6.07, 6.45) is -4.11. The molecule has 1 aromatic rings. The summed E-state index contributed by atoms with van der Waals surface area (Å²) in [5, 5.41) is 0.817. The third kappa shape index (κ3) is 2.49. The first-order valence-corrected chi connectivity index (χ1v) is 6.41. The van der Waals surface area contributed by atoms with Crippen LogP contribution in [0.25, 0.3) is 0 Å². The molecule has 0 saturated heterocycles. The van der Waals surface area contributed by atoms with Gasteiger partial charge < -0.3 is 0 Å². The van der Waals surface area contributed by atoms with E-state index in [0.29, 0.717) is 0 Å². The van der Waals surface area contributed by atoms with Crippen LogP contribution in [0.2, 0.25) is 0 Å². The third-order valence-corrected chi connectivity index (χ3v) is 3.75. The predicted molar refractivity (Wildman–Crippen MR) is 51.5 cm³/mol. The van der Waals surface area contributed by atoms with E-state index in [-0.39, 0.29) is 5.69 Å². The molecule has 0 amide bonds. The van der Waals surface area contributed by atoms with E-state index < -0.39 is 26.0 Å². The first-order chi connectivity index (χ1) is 7.05. The third-order valence-electron chi connectivity index (χ3n) is 2.13. The fraction of sp³-hybridized carbons (Fsp3) is 0.571. The van der Waals surface area contributed by atoms with Crippen LogP contribution in [0.15, 0.2) is 6.20 Å². The summed E-state index contributed by atoms with van der Waals surface area (Å²) in [6, 6.07) is 0. The Morgan fingerprint density at radius 2 is 2.00 bits per heavy atom. The van der Waals surface area contributed by atoms with E-state index in [0.717, 1.165) is 10.9 Å². The van der Waals surface area contributed by atoms with Gasteiger partial charge in [0.15, 0.2) is 5.25 Å². The Labute approximate surface area is 94.4 Å². The van der Waals surface area contributed by atoms with Gasteiger partial charge in [-0.25, -0.2) is 8.42 Å². The topological polar surface area (TPSA) is 52.0 Å². The Morgan fingerprint density at radius 3 is 2.25 bits per heavy atom. The van der Waals surface area contributed by atoms with E-state index in [1.807, 2.05) is 0 Å². The second-order valence-electron chi connectivity index (χ2n) is 3.21. The van der Waals surface area contributed by atoms with Crippen LogP contribution in [0.5, 0.6) is 0 Å². The monoisotopic (exact) mass is 276 g/mol. The maximum atomic E-state index is 12.6. The van der Waals surface area contributed by atoms with Crippen LogP contribution < -0.4 is 0 Å². The first kappa shape index (κ1) is 13.3. The zero-order valence-corrected chi connectivity index (χ0v) is 9.86. The zero-order chi connectivity index (χ0) is 12.7. The summed E-state index contributed by atoms with van der Waals surface area (Å²) < 4.78 is 60.8. The first-order valence-electron chi connectivity index (χ1n) is 4.04. The molecule has 92 valence electrons. The van der Waals surface area contributed by atoms with Gasteiger partial charge in [-0.15, -0.1) is 0 Å². The number of aromatic nitrogens is 2. The highest BCUT2D eigenvalue weighted by Crippen LogP contribution is 2.41. The fourth-order valence-electron chi connectivity index (χ4n) is 1.26. The maximum Gasteiger partial charge on any atom is 0.410 e. The number of aryl methyl sites for hydroxylation is 1.